The minimum Gasteiger partial charge on any atom is -0.450 e. The number of hydrogen-bond acceptors (Lipinski definition) is 5. The van der Waals surface area contributed by atoms with Crippen molar-refractivity contribution in [3.05, 3.63) is 24.3 Å². The van der Waals surface area contributed by atoms with Crippen LogP contribution >= 0.6 is 0 Å². The number of nitrogens with zero attached hydrogens (tertiary/aromatic N) is 1. The van der Waals surface area contributed by atoms with E-state index in [4.69, 9.17) is 4.74 Å². The molecule has 0 saturated carbocycles. The quantitative estimate of drug-likeness (QED) is 0.834. The highest BCUT2D eigenvalue weighted by Gasteiger charge is 2.37. The van der Waals surface area contributed by atoms with Crippen LogP contribution in [0.3, 0.4) is 0 Å². The largest absolute Gasteiger partial charge is 0.450 e. The van der Waals surface area contributed by atoms with Crippen LogP contribution in [-0.4, -0.2) is 50.7 Å². The van der Waals surface area contributed by atoms with Crippen molar-refractivity contribution >= 4 is 33.4 Å². The molecule has 1 aromatic rings. The summed E-state index contributed by atoms with van der Waals surface area (Å²) >= 11 is 0. The fourth-order valence-electron chi connectivity index (χ4n) is 2.04. The van der Waals surface area contributed by atoms with Crippen molar-refractivity contribution in [1.29, 1.82) is 0 Å². The summed E-state index contributed by atoms with van der Waals surface area (Å²) < 4.78 is 28.5. The number of ether oxygens (including phenoxy) is 1. The highest BCUT2D eigenvalue weighted by molar-refractivity contribution is 7.88. The highest BCUT2D eigenvalue weighted by Crippen LogP contribution is 2.21. The van der Waals surface area contributed by atoms with Crippen LogP contribution in [0.1, 0.15) is 6.92 Å². The second kappa shape index (κ2) is 6.97. The van der Waals surface area contributed by atoms with Crippen molar-refractivity contribution in [3.63, 3.8) is 0 Å². The highest BCUT2D eigenvalue weighted by atomic mass is 32.2. The van der Waals surface area contributed by atoms with E-state index in [0.29, 0.717) is 11.4 Å². The van der Waals surface area contributed by atoms with Gasteiger partial charge in [-0.15, -0.1) is 0 Å². The van der Waals surface area contributed by atoms with E-state index in [1.165, 1.54) is 4.31 Å². The molecule has 8 nitrogen and oxygen atoms in total. The van der Waals surface area contributed by atoms with E-state index in [-0.39, 0.29) is 31.5 Å². The van der Waals surface area contributed by atoms with Crippen LogP contribution in [0.4, 0.5) is 16.2 Å². The van der Waals surface area contributed by atoms with Gasteiger partial charge in [0, 0.05) is 24.5 Å². The van der Waals surface area contributed by atoms with Crippen LogP contribution in [0.2, 0.25) is 0 Å². The Morgan fingerprint density at radius 1 is 1.17 bits per heavy atom. The average Bonchev–Trinajstić information content (AvgIpc) is 2.37. The molecule has 1 fully saturated rings. The lowest BCUT2D eigenvalue weighted by Gasteiger charge is -2.35. The molecular weight excluding hydrogens is 322 g/mol. The van der Waals surface area contributed by atoms with E-state index < -0.39 is 16.1 Å². The number of amides is 2. The predicted octanol–water partition coefficient (Wildman–Crippen LogP) is 1.08. The molecular formula is C14H19N3O5S. The fourth-order valence-corrected chi connectivity index (χ4v) is 2.94. The normalized spacial score (nSPS) is 15.6. The fraction of sp³-hybridized carbons (Fsp3) is 0.429. The Balaban J connectivity index is 1.84. The zero-order valence-electron chi connectivity index (χ0n) is 12.9. The van der Waals surface area contributed by atoms with Gasteiger partial charge in [-0.25, -0.2) is 17.5 Å². The summed E-state index contributed by atoms with van der Waals surface area (Å²) in [6.07, 6.45) is 0.579. The van der Waals surface area contributed by atoms with Gasteiger partial charge < -0.3 is 10.1 Å². The van der Waals surface area contributed by atoms with Crippen LogP contribution in [0.5, 0.6) is 0 Å². The SMILES string of the molecule is CCOC(=O)Nc1ccc(NC(=O)C2CN(S(C)(=O)=O)C2)cc1. The summed E-state index contributed by atoms with van der Waals surface area (Å²) in [6, 6.07) is 6.56. The lowest BCUT2D eigenvalue weighted by molar-refractivity contribution is -0.122. The number of anilines is 2. The Kier molecular flexibility index (Phi) is 5.22. The van der Waals surface area contributed by atoms with E-state index in [9.17, 15) is 18.0 Å². The van der Waals surface area contributed by atoms with Crippen molar-refractivity contribution in [2.45, 2.75) is 6.92 Å². The van der Waals surface area contributed by atoms with Crippen molar-refractivity contribution in [1.82, 2.24) is 4.31 Å². The van der Waals surface area contributed by atoms with E-state index in [2.05, 4.69) is 10.6 Å². The number of rotatable bonds is 5. The predicted molar refractivity (Wildman–Crippen MR) is 85.6 cm³/mol. The standard InChI is InChI=1S/C14H19N3O5S/c1-3-22-14(19)16-12-6-4-11(5-7-12)15-13(18)10-8-17(9-10)23(2,20)21/h4-7,10H,3,8-9H2,1-2H3,(H,15,18)(H,16,19). The first kappa shape index (κ1) is 17.2. The molecule has 1 aliphatic heterocycles. The molecule has 1 saturated heterocycles. The molecule has 1 aliphatic rings. The zero-order chi connectivity index (χ0) is 17.0. The molecule has 2 N–H and O–H groups in total. The van der Waals surface area contributed by atoms with Gasteiger partial charge in [0.05, 0.1) is 18.8 Å². The van der Waals surface area contributed by atoms with Gasteiger partial charge in [0.25, 0.3) is 0 Å². The Morgan fingerprint density at radius 2 is 1.70 bits per heavy atom. The molecule has 1 heterocycles. The molecule has 9 heteroatoms. The third kappa shape index (κ3) is 4.67. The summed E-state index contributed by atoms with van der Waals surface area (Å²) in [5, 5.41) is 5.26. The minimum absolute atomic E-state index is 0.202. The van der Waals surface area contributed by atoms with Gasteiger partial charge in [-0.05, 0) is 31.2 Å². The maximum absolute atomic E-state index is 12.0. The minimum atomic E-state index is -3.23. The first-order valence-corrected chi connectivity index (χ1v) is 8.94. The van der Waals surface area contributed by atoms with Crippen LogP contribution in [0, 0.1) is 5.92 Å². The Morgan fingerprint density at radius 3 is 2.17 bits per heavy atom. The number of nitrogens with one attached hydrogen (secondary N) is 2. The molecule has 2 rings (SSSR count). The summed E-state index contributed by atoms with van der Waals surface area (Å²) in [5.41, 5.74) is 1.12. The zero-order valence-corrected chi connectivity index (χ0v) is 13.7. The van der Waals surface area contributed by atoms with Gasteiger partial charge in [-0.1, -0.05) is 0 Å². The molecule has 0 aliphatic carbocycles. The van der Waals surface area contributed by atoms with Crippen molar-refractivity contribution in [2.75, 3.05) is 36.6 Å². The van der Waals surface area contributed by atoms with E-state index in [1.54, 1.807) is 31.2 Å². The maximum atomic E-state index is 12.0. The van der Waals surface area contributed by atoms with Gasteiger partial charge in [-0.2, -0.15) is 0 Å². The number of hydrogen-bond donors (Lipinski definition) is 2. The van der Waals surface area contributed by atoms with Gasteiger partial charge in [0.15, 0.2) is 0 Å². The molecule has 0 radical (unpaired) electrons. The summed E-state index contributed by atoms with van der Waals surface area (Å²) in [5.74, 6) is -0.571. The molecule has 1 aromatic carbocycles. The van der Waals surface area contributed by atoms with Crippen molar-refractivity contribution < 1.29 is 22.7 Å². The summed E-state index contributed by atoms with van der Waals surface area (Å²) in [6.45, 7) is 2.40. The lowest BCUT2D eigenvalue weighted by atomic mass is 10.0. The van der Waals surface area contributed by atoms with Crippen molar-refractivity contribution in [2.24, 2.45) is 5.92 Å². The Hall–Kier alpha value is -2.13. The van der Waals surface area contributed by atoms with Crippen LogP contribution in [-0.2, 0) is 19.6 Å². The third-order valence-electron chi connectivity index (χ3n) is 3.36. The topological polar surface area (TPSA) is 105 Å². The number of carbonyl (C=O) groups excluding carboxylic acids is 2. The number of carbonyl (C=O) groups is 2. The first-order valence-electron chi connectivity index (χ1n) is 7.09. The van der Waals surface area contributed by atoms with Gasteiger partial charge >= 0.3 is 6.09 Å². The van der Waals surface area contributed by atoms with Gasteiger partial charge in [-0.3, -0.25) is 10.1 Å². The van der Waals surface area contributed by atoms with Crippen LogP contribution in [0.15, 0.2) is 24.3 Å². The Bertz CT molecular complexity index is 681. The van der Waals surface area contributed by atoms with Crippen molar-refractivity contribution in [3.8, 4) is 0 Å². The molecule has 126 valence electrons. The van der Waals surface area contributed by atoms with E-state index >= 15 is 0 Å². The van der Waals surface area contributed by atoms with E-state index in [0.717, 1.165) is 6.26 Å². The number of sulfonamides is 1. The monoisotopic (exact) mass is 341 g/mol. The molecule has 0 atom stereocenters. The smallest absolute Gasteiger partial charge is 0.411 e. The number of benzene rings is 1. The molecule has 2 amide bonds. The summed E-state index contributed by atoms with van der Waals surface area (Å²) in [7, 11) is -3.23. The van der Waals surface area contributed by atoms with Gasteiger partial charge in [0.1, 0.15) is 0 Å². The molecule has 0 unspecified atom stereocenters. The second-order valence-corrected chi connectivity index (χ2v) is 7.17. The average molecular weight is 341 g/mol. The second-order valence-electron chi connectivity index (χ2n) is 5.19. The van der Waals surface area contributed by atoms with Gasteiger partial charge in [0.2, 0.25) is 15.9 Å². The van der Waals surface area contributed by atoms with E-state index in [1.807, 2.05) is 0 Å². The third-order valence-corrected chi connectivity index (χ3v) is 4.60. The Labute approximate surface area is 134 Å². The molecule has 23 heavy (non-hydrogen) atoms. The molecule has 0 spiro atoms. The first-order chi connectivity index (χ1) is 10.8. The maximum Gasteiger partial charge on any atom is 0.411 e. The molecule has 0 aromatic heterocycles. The van der Waals surface area contributed by atoms with Crippen LogP contribution in [0.25, 0.3) is 0 Å². The molecule has 0 bridgehead atoms. The lowest BCUT2D eigenvalue weighted by Crippen LogP contribution is -2.53. The van der Waals surface area contributed by atoms with Crippen LogP contribution < -0.4 is 10.6 Å². The summed E-state index contributed by atoms with van der Waals surface area (Å²) in [4.78, 5) is 23.3.